The van der Waals surface area contributed by atoms with Gasteiger partial charge in [0.05, 0.1) is 13.2 Å². The molecule has 2 rings (SSSR count). The van der Waals surface area contributed by atoms with E-state index in [1.54, 1.807) is 0 Å². The number of piperidine rings is 1. The van der Waals surface area contributed by atoms with Crippen molar-refractivity contribution in [3.63, 3.8) is 0 Å². The lowest BCUT2D eigenvalue weighted by atomic mass is 9.98. The number of ether oxygens (including phenoxy) is 1. The van der Waals surface area contributed by atoms with Crippen LogP contribution < -0.4 is 5.32 Å². The molecule has 2 atom stereocenters. The third kappa shape index (κ3) is 3.67. The second kappa shape index (κ2) is 6.50. The SMILES string of the molecule is CN1CCC[C@H](CNC(=O)[C@H]2COCCN2C)C1. The van der Waals surface area contributed by atoms with Crippen LogP contribution in [0, 0.1) is 5.92 Å². The molecule has 0 aliphatic carbocycles. The summed E-state index contributed by atoms with van der Waals surface area (Å²) in [6, 6.07) is -0.111. The van der Waals surface area contributed by atoms with E-state index in [2.05, 4.69) is 22.2 Å². The molecule has 0 aromatic carbocycles. The zero-order chi connectivity index (χ0) is 13.0. The van der Waals surface area contributed by atoms with Gasteiger partial charge in [-0.05, 0) is 39.4 Å². The zero-order valence-electron chi connectivity index (χ0n) is 11.5. The first-order valence-corrected chi connectivity index (χ1v) is 6.91. The molecule has 0 spiro atoms. The quantitative estimate of drug-likeness (QED) is 0.757. The van der Waals surface area contributed by atoms with E-state index in [0.717, 1.165) is 26.2 Å². The third-order valence-corrected chi connectivity index (χ3v) is 3.99. The van der Waals surface area contributed by atoms with E-state index in [9.17, 15) is 4.79 Å². The molecule has 2 aliphatic heterocycles. The summed E-state index contributed by atoms with van der Waals surface area (Å²) in [5.74, 6) is 0.716. The molecule has 2 heterocycles. The molecular formula is C13H25N3O2. The highest BCUT2D eigenvalue weighted by atomic mass is 16.5. The summed E-state index contributed by atoms with van der Waals surface area (Å²) < 4.78 is 5.37. The van der Waals surface area contributed by atoms with E-state index < -0.39 is 0 Å². The van der Waals surface area contributed by atoms with Crippen molar-refractivity contribution in [2.75, 3.05) is 53.5 Å². The summed E-state index contributed by atoms with van der Waals surface area (Å²) in [5, 5.41) is 3.09. The number of carbonyl (C=O) groups excluding carboxylic acids is 1. The van der Waals surface area contributed by atoms with E-state index in [1.807, 2.05) is 7.05 Å². The van der Waals surface area contributed by atoms with E-state index >= 15 is 0 Å². The molecule has 2 aliphatic rings. The Labute approximate surface area is 109 Å². The number of carbonyl (C=O) groups is 1. The van der Waals surface area contributed by atoms with Gasteiger partial charge in [0, 0.05) is 19.6 Å². The van der Waals surface area contributed by atoms with Crippen molar-refractivity contribution >= 4 is 5.91 Å². The summed E-state index contributed by atoms with van der Waals surface area (Å²) in [4.78, 5) is 16.5. The van der Waals surface area contributed by atoms with Gasteiger partial charge in [-0.15, -0.1) is 0 Å². The van der Waals surface area contributed by atoms with Crippen LogP contribution in [0.15, 0.2) is 0 Å². The van der Waals surface area contributed by atoms with Crippen LogP contribution in [0.25, 0.3) is 0 Å². The van der Waals surface area contributed by atoms with Crippen LogP contribution in [0.1, 0.15) is 12.8 Å². The summed E-state index contributed by atoms with van der Waals surface area (Å²) in [5.41, 5.74) is 0. The minimum Gasteiger partial charge on any atom is -0.378 e. The van der Waals surface area contributed by atoms with Gasteiger partial charge >= 0.3 is 0 Å². The highest BCUT2D eigenvalue weighted by Gasteiger charge is 2.27. The average Bonchev–Trinajstić information content (AvgIpc) is 2.37. The zero-order valence-corrected chi connectivity index (χ0v) is 11.5. The number of hydrogen-bond acceptors (Lipinski definition) is 4. The number of amides is 1. The van der Waals surface area contributed by atoms with Gasteiger partial charge in [-0.1, -0.05) is 0 Å². The van der Waals surface area contributed by atoms with Gasteiger partial charge in [0.25, 0.3) is 0 Å². The molecule has 0 bridgehead atoms. The second-order valence-electron chi connectivity index (χ2n) is 5.59. The van der Waals surface area contributed by atoms with Crippen LogP contribution in [-0.4, -0.2) is 75.2 Å². The number of morpholine rings is 1. The van der Waals surface area contributed by atoms with E-state index in [0.29, 0.717) is 12.5 Å². The van der Waals surface area contributed by atoms with Crippen LogP contribution in [0.2, 0.25) is 0 Å². The monoisotopic (exact) mass is 255 g/mol. The lowest BCUT2D eigenvalue weighted by molar-refractivity contribution is -0.131. The van der Waals surface area contributed by atoms with Crippen molar-refractivity contribution in [2.45, 2.75) is 18.9 Å². The lowest BCUT2D eigenvalue weighted by Crippen LogP contribution is -2.53. The number of nitrogens with one attached hydrogen (secondary N) is 1. The van der Waals surface area contributed by atoms with Crippen molar-refractivity contribution in [1.82, 2.24) is 15.1 Å². The molecule has 1 N–H and O–H groups in total. The van der Waals surface area contributed by atoms with Crippen LogP contribution in [0.4, 0.5) is 0 Å². The number of likely N-dealkylation sites (tertiary alicyclic amines) is 1. The Kier molecular flexibility index (Phi) is 4.97. The number of hydrogen-bond donors (Lipinski definition) is 1. The largest absolute Gasteiger partial charge is 0.378 e. The van der Waals surface area contributed by atoms with Crippen LogP contribution in [-0.2, 0) is 9.53 Å². The predicted molar refractivity (Wildman–Crippen MR) is 70.5 cm³/mol. The minimum absolute atomic E-state index is 0.111. The Morgan fingerprint density at radius 2 is 2.22 bits per heavy atom. The highest BCUT2D eigenvalue weighted by Crippen LogP contribution is 2.14. The molecule has 0 radical (unpaired) electrons. The lowest BCUT2D eigenvalue weighted by Gasteiger charge is -2.33. The summed E-state index contributed by atoms with van der Waals surface area (Å²) in [6.45, 7) is 5.17. The van der Waals surface area contributed by atoms with Crippen molar-refractivity contribution in [3.05, 3.63) is 0 Å². The fourth-order valence-corrected chi connectivity index (χ4v) is 2.77. The van der Waals surface area contributed by atoms with Gasteiger partial charge in [0.15, 0.2) is 0 Å². The summed E-state index contributed by atoms with van der Waals surface area (Å²) in [7, 11) is 4.14. The first-order chi connectivity index (χ1) is 8.66. The number of rotatable bonds is 3. The molecule has 2 fully saturated rings. The summed E-state index contributed by atoms with van der Waals surface area (Å²) >= 11 is 0. The molecular weight excluding hydrogens is 230 g/mol. The number of nitrogens with zero attached hydrogens (tertiary/aromatic N) is 2. The highest BCUT2D eigenvalue weighted by molar-refractivity contribution is 5.81. The van der Waals surface area contributed by atoms with Gasteiger partial charge < -0.3 is 15.0 Å². The van der Waals surface area contributed by atoms with E-state index in [-0.39, 0.29) is 11.9 Å². The molecule has 2 saturated heterocycles. The molecule has 0 saturated carbocycles. The molecule has 0 unspecified atom stereocenters. The molecule has 5 nitrogen and oxygen atoms in total. The molecule has 0 aromatic rings. The maximum absolute atomic E-state index is 12.1. The molecule has 5 heteroatoms. The fourth-order valence-electron chi connectivity index (χ4n) is 2.77. The van der Waals surface area contributed by atoms with Crippen molar-refractivity contribution in [2.24, 2.45) is 5.92 Å². The third-order valence-electron chi connectivity index (χ3n) is 3.99. The van der Waals surface area contributed by atoms with Crippen LogP contribution in [0.5, 0.6) is 0 Å². The van der Waals surface area contributed by atoms with Gasteiger partial charge in [-0.3, -0.25) is 9.69 Å². The molecule has 18 heavy (non-hydrogen) atoms. The van der Waals surface area contributed by atoms with E-state index in [4.69, 9.17) is 4.74 Å². The topological polar surface area (TPSA) is 44.8 Å². The second-order valence-corrected chi connectivity index (χ2v) is 5.59. The normalized spacial score (nSPS) is 31.2. The summed E-state index contributed by atoms with van der Waals surface area (Å²) in [6.07, 6.45) is 2.46. The van der Waals surface area contributed by atoms with Gasteiger partial charge in [-0.2, -0.15) is 0 Å². The Morgan fingerprint density at radius 1 is 1.39 bits per heavy atom. The Morgan fingerprint density at radius 3 is 2.94 bits per heavy atom. The predicted octanol–water partition coefficient (Wildman–Crippen LogP) is -0.225. The minimum atomic E-state index is -0.111. The van der Waals surface area contributed by atoms with Gasteiger partial charge in [0.1, 0.15) is 6.04 Å². The first kappa shape index (κ1) is 13.8. The number of likely N-dealkylation sites (N-methyl/N-ethyl adjacent to an activating group) is 1. The van der Waals surface area contributed by atoms with Crippen molar-refractivity contribution in [3.8, 4) is 0 Å². The van der Waals surface area contributed by atoms with E-state index in [1.165, 1.54) is 19.4 Å². The fraction of sp³-hybridized carbons (Fsp3) is 0.923. The van der Waals surface area contributed by atoms with Crippen LogP contribution >= 0.6 is 0 Å². The molecule has 104 valence electrons. The smallest absolute Gasteiger partial charge is 0.239 e. The van der Waals surface area contributed by atoms with Crippen molar-refractivity contribution in [1.29, 1.82) is 0 Å². The average molecular weight is 255 g/mol. The van der Waals surface area contributed by atoms with Gasteiger partial charge in [-0.25, -0.2) is 0 Å². The Balaban J connectivity index is 1.73. The van der Waals surface area contributed by atoms with Crippen molar-refractivity contribution < 1.29 is 9.53 Å². The maximum atomic E-state index is 12.1. The standard InChI is InChI=1S/C13H25N3O2/c1-15-5-3-4-11(9-15)8-14-13(17)12-10-18-7-6-16(12)2/h11-12H,3-10H2,1-2H3,(H,14,17)/t11-,12-/m1/s1. The van der Waals surface area contributed by atoms with Gasteiger partial charge in [0.2, 0.25) is 5.91 Å². The Bertz CT molecular complexity index is 285. The Hall–Kier alpha value is -0.650. The van der Waals surface area contributed by atoms with Crippen LogP contribution in [0.3, 0.4) is 0 Å². The molecule has 1 amide bonds. The first-order valence-electron chi connectivity index (χ1n) is 6.91. The molecule has 0 aromatic heterocycles. The maximum Gasteiger partial charge on any atom is 0.239 e.